The fraction of sp³-hybridized carbons (Fsp3) is 0.900. The van der Waals surface area contributed by atoms with Crippen molar-refractivity contribution in [1.82, 2.24) is 0 Å². The van der Waals surface area contributed by atoms with Crippen LogP contribution in [0.25, 0.3) is 0 Å². The molecule has 1 aliphatic rings. The van der Waals surface area contributed by atoms with Crippen molar-refractivity contribution in [1.29, 1.82) is 0 Å². The van der Waals surface area contributed by atoms with E-state index in [4.69, 9.17) is 15.2 Å². The number of ether oxygens (including phenoxy) is 2. The van der Waals surface area contributed by atoms with Crippen molar-refractivity contribution in [2.45, 2.75) is 31.1 Å². The van der Waals surface area contributed by atoms with Crippen molar-refractivity contribution in [3.05, 3.63) is 0 Å². The summed E-state index contributed by atoms with van der Waals surface area (Å²) in [5.41, 5.74) is 5.68. The predicted molar refractivity (Wildman–Crippen MR) is 60.9 cm³/mol. The van der Waals surface area contributed by atoms with E-state index in [1.807, 2.05) is 0 Å². The lowest BCUT2D eigenvalue weighted by Gasteiger charge is -2.22. The van der Waals surface area contributed by atoms with Gasteiger partial charge >= 0.3 is 5.97 Å². The Bertz CT molecular complexity index is 195. The molecule has 2 atom stereocenters. The van der Waals surface area contributed by atoms with Gasteiger partial charge in [0.25, 0.3) is 0 Å². The summed E-state index contributed by atoms with van der Waals surface area (Å²) in [7, 11) is 0. The highest BCUT2D eigenvalue weighted by molar-refractivity contribution is 8.00. The zero-order chi connectivity index (χ0) is 11.1. The summed E-state index contributed by atoms with van der Waals surface area (Å²) >= 11 is 1.71. The number of hydrogen-bond acceptors (Lipinski definition) is 5. The number of thioether (sulfide) groups is 1. The summed E-state index contributed by atoms with van der Waals surface area (Å²) in [5, 5.41) is 0.485. The van der Waals surface area contributed by atoms with Crippen molar-refractivity contribution in [3.8, 4) is 0 Å². The van der Waals surface area contributed by atoms with Crippen LogP contribution in [0.5, 0.6) is 0 Å². The largest absolute Gasteiger partial charge is 0.465 e. The van der Waals surface area contributed by atoms with Gasteiger partial charge in [-0.3, -0.25) is 4.79 Å². The summed E-state index contributed by atoms with van der Waals surface area (Å²) < 4.78 is 10.2. The minimum Gasteiger partial charge on any atom is -0.465 e. The average Bonchev–Trinajstić information content (AvgIpc) is 2.27. The van der Waals surface area contributed by atoms with Gasteiger partial charge < -0.3 is 15.2 Å². The Morgan fingerprint density at radius 3 is 3.13 bits per heavy atom. The third-order valence-corrected chi connectivity index (χ3v) is 3.61. The molecular weight excluding hydrogens is 214 g/mol. The summed E-state index contributed by atoms with van der Waals surface area (Å²) in [6.07, 6.45) is 2.26. The lowest BCUT2D eigenvalue weighted by atomic mass is 10.2. The minimum absolute atomic E-state index is 0.304. The molecule has 0 aliphatic carbocycles. The van der Waals surface area contributed by atoms with Crippen LogP contribution in [0, 0.1) is 0 Å². The molecule has 1 heterocycles. The van der Waals surface area contributed by atoms with E-state index in [9.17, 15) is 4.79 Å². The normalized spacial score (nSPS) is 23.5. The first-order valence-electron chi connectivity index (χ1n) is 5.35. The lowest BCUT2D eigenvalue weighted by molar-refractivity contribution is -0.144. The first-order chi connectivity index (χ1) is 7.24. The van der Waals surface area contributed by atoms with E-state index in [-0.39, 0.29) is 5.97 Å². The van der Waals surface area contributed by atoms with E-state index >= 15 is 0 Å². The number of rotatable bonds is 5. The molecule has 0 aromatic carbocycles. The van der Waals surface area contributed by atoms with E-state index in [0.717, 1.165) is 26.1 Å². The molecule has 0 radical (unpaired) electrons. The summed E-state index contributed by atoms with van der Waals surface area (Å²) in [4.78, 5) is 11.2. The number of hydrogen-bond donors (Lipinski definition) is 1. The van der Waals surface area contributed by atoms with Crippen LogP contribution >= 0.6 is 11.8 Å². The molecule has 0 amide bonds. The monoisotopic (exact) mass is 233 g/mol. The van der Waals surface area contributed by atoms with Gasteiger partial charge in [0, 0.05) is 17.6 Å². The molecule has 0 aromatic rings. The smallest absolute Gasteiger partial charge is 0.323 e. The van der Waals surface area contributed by atoms with E-state index in [1.54, 1.807) is 18.7 Å². The van der Waals surface area contributed by atoms with Gasteiger partial charge in [-0.1, -0.05) is 0 Å². The summed E-state index contributed by atoms with van der Waals surface area (Å²) in [6.45, 7) is 3.82. The lowest BCUT2D eigenvalue weighted by Crippen LogP contribution is -2.35. The molecule has 2 N–H and O–H groups in total. The number of carbonyl (C=O) groups excluding carboxylic acids is 1. The quantitative estimate of drug-likeness (QED) is 0.711. The second-order valence-corrected chi connectivity index (χ2v) is 4.86. The highest BCUT2D eigenvalue weighted by Gasteiger charge is 2.19. The van der Waals surface area contributed by atoms with Gasteiger partial charge in [0.2, 0.25) is 0 Å². The van der Waals surface area contributed by atoms with Crippen LogP contribution in [0.1, 0.15) is 19.8 Å². The minimum atomic E-state index is -0.503. The third kappa shape index (κ3) is 4.86. The zero-order valence-corrected chi connectivity index (χ0v) is 9.92. The van der Waals surface area contributed by atoms with Gasteiger partial charge in [-0.05, 0) is 19.8 Å². The Labute approximate surface area is 94.9 Å². The molecule has 1 rings (SSSR count). The van der Waals surface area contributed by atoms with Gasteiger partial charge in [0.05, 0.1) is 13.2 Å². The van der Waals surface area contributed by atoms with Crippen molar-refractivity contribution in [3.63, 3.8) is 0 Å². The second-order valence-electron chi connectivity index (χ2n) is 3.53. The van der Waals surface area contributed by atoms with Gasteiger partial charge in [-0.15, -0.1) is 0 Å². The fourth-order valence-electron chi connectivity index (χ4n) is 1.40. The molecule has 1 fully saturated rings. The fourth-order valence-corrected chi connectivity index (χ4v) is 2.54. The van der Waals surface area contributed by atoms with Crippen LogP contribution < -0.4 is 5.73 Å². The second kappa shape index (κ2) is 7.09. The Morgan fingerprint density at radius 1 is 1.73 bits per heavy atom. The highest BCUT2D eigenvalue weighted by Crippen LogP contribution is 2.21. The summed E-state index contributed by atoms with van der Waals surface area (Å²) in [5.74, 6) is 0.314. The van der Waals surface area contributed by atoms with Crippen molar-refractivity contribution in [2.75, 3.05) is 25.6 Å². The molecule has 0 saturated carbocycles. The predicted octanol–water partition coefficient (Wildman–Crippen LogP) is 0.789. The number of carbonyl (C=O) groups is 1. The van der Waals surface area contributed by atoms with Gasteiger partial charge in [0.15, 0.2) is 0 Å². The maximum absolute atomic E-state index is 11.2. The van der Waals surface area contributed by atoms with Crippen LogP contribution in [0.4, 0.5) is 0 Å². The molecule has 0 spiro atoms. The molecule has 0 aromatic heterocycles. The Morgan fingerprint density at radius 2 is 2.53 bits per heavy atom. The average molecular weight is 233 g/mol. The van der Waals surface area contributed by atoms with E-state index in [1.165, 1.54) is 0 Å². The van der Waals surface area contributed by atoms with Gasteiger partial charge in [-0.25, -0.2) is 0 Å². The maximum atomic E-state index is 11.2. The van der Waals surface area contributed by atoms with E-state index in [0.29, 0.717) is 17.6 Å². The van der Waals surface area contributed by atoms with Gasteiger partial charge in [-0.2, -0.15) is 11.8 Å². The van der Waals surface area contributed by atoms with Crippen LogP contribution in [-0.2, 0) is 14.3 Å². The standard InChI is InChI=1S/C10H19NO3S/c1-2-14-10(12)9(11)7-15-8-4-3-5-13-6-8/h8-9H,2-7,11H2,1H3. The Hall–Kier alpha value is -0.260. The molecule has 2 unspecified atom stereocenters. The molecule has 4 nitrogen and oxygen atoms in total. The van der Waals surface area contributed by atoms with E-state index in [2.05, 4.69) is 0 Å². The molecule has 0 bridgehead atoms. The maximum Gasteiger partial charge on any atom is 0.323 e. The molecule has 5 heteroatoms. The SMILES string of the molecule is CCOC(=O)C(N)CSC1CCCOC1. The summed E-state index contributed by atoms with van der Waals surface area (Å²) in [6, 6.07) is -0.503. The van der Waals surface area contributed by atoms with Crippen LogP contribution in [0.3, 0.4) is 0 Å². The van der Waals surface area contributed by atoms with Crippen LogP contribution in [-0.4, -0.2) is 42.8 Å². The molecule has 15 heavy (non-hydrogen) atoms. The Kier molecular flexibility index (Phi) is 6.05. The van der Waals surface area contributed by atoms with E-state index < -0.39 is 6.04 Å². The van der Waals surface area contributed by atoms with Crippen molar-refractivity contribution >= 4 is 17.7 Å². The molecular formula is C10H19NO3S. The zero-order valence-electron chi connectivity index (χ0n) is 9.11. The van der Waals surface area contributed by atoms with Crippen LogP contribution in [0.15, 0.2) is 0 Å². The third-order valence-electron chi connectivity index (χ3n) is 2.22. The first-order valence-corrected chi connectivity index (χ1v) is 6.40. The number of esters is 1. The van der Waals surface area contributed by atoms with Gasteiger partial charge in [0.1, 0.15) is 6.04 Å². The highest BCUT2D eigenvalue weighted by atomic mass is 32.2. The topological polar surface area (TPSA) is 61.5 Å². The number of nitrogens with two attached hydrogens (primary N) is 1. The van der Waals surface area contributed by atoms with Crippen LogP contribution in [0.2, 0.25) is 0 Å². The molecule has 88 valence electrons. The Balaban J connectivity index is 2.14. The molecule has 1 saturated heterocycles. The van der Waals surface area contributed by atoms with Crippen molar-refractivity contribution < 1.29 is 14.3 Å². The van der Waals surface area contributed by atoms with Crippen molar-refractivity contribution in [2.24, 2.45) is 5.73 Å². The first kappa shape index (κ1) is 12.8. The molecule has 1 aliphatic heterocycles.